The van der Waals surface area contributed by atoms with Crippen molar-refractivity contribution in [1.29, 1.82) is 0 Å². The third kappa shape index (κ3) is 4.54. The zero-order valence-corrected chi connectivity index (χ0v) is 18.6. The Bertz CT molecular complexity index is 1120. The molecule has 0 saturated carbocycles. The molecule has 1 fully saturated rings. The number of phenols is 2. The lowest BCUT2D eigenvalue weighted by atomic mass is 10.0. The van der Waals surface area contributed by atoms with Gasteiger partial charge in [-0.05, 0) is 48.0 Å². The summed E-state index contributed by atoms with van der Waals surface area (Å²) < 4.78 is 0. The molecule has 160 valence electrons. The molecule has 0 spiro atoms. The molecule has 1 saturated heterocycles. The van der Waals surface area contributed by atoms with E-state index in [9.17, 15) is 15.0 Å². The maximum atomic E-state index is 13.1. The number of halogens is 3. The van der Waals surface area contributed by atoms with Crippen molar-refractivity contribution >= 4 is 46.4 Å². The number of nitrogens with zero attached hydrogens (tertiary/aromatic N) is 2. The van der Waals surface area contributed by atoms with Gasteiger partial charge in [-0.25, -0.2) is 0 Å². The molecule has 0 radical (unpaired) electrons. The number of rotatable bonds is 3. The molecule has 4 rings (SSSR count). The molecule has 0 aromatic heterocycles. The van der Waals surface area contributed by atoms with Crippen LogP contribution in [-0.2, 0) is 0 Å². The number of carbonyl (C=O) groups is 1. The van der Waals surface area contributed by atoms with Crippen molar-refractivity contribution in [1.82, 2.24) is 4.90 Å². The fourth-order valence-electron chi connectivity index (χ4n) is 3.81. The van der Waals surface area contributed by atoms with Crippen LogP contribution in [0.3, 0.4) is 0 Å². The van der Waals surface area contributed by atoms with Crippen LogP contribution in [0.1, 0.15) is 22.0 Å². The summed E-state index contributed by atoms with van der Waals surface area (Å²) in [7, 11) is 0. The molecule has 1 atom stereocenters. The number of amides is 1. The summed E-state index contributed by atoms with van der Waals surface area (Å²) in [4.78, 5) is 16.9. The minimum absolute atomic E-state index is 0.102. The molecule has 1 aliphatic heterocycles. The number of piperazine rings is 1. The molecule has 1 amide bonds. The van der Waals surface area contributed by atoms with Crippen LogP contribution in [0.15, 0.2) is 60.7 Å². The molecule has 2 N–H and O–H groups in total. The fourth-order valence-corrected chi connectivity index (χ4v) is 4.45. The normalized spacial score (nSPS) is 16.4. The Morgan fingerprint density at radius 2 is 1.58 bits per heavy atom. The summed E-state index contributed by atoms with van der Waals surface area (Å²) in [6, 6.07) is 16.6. The molecule has 3 aromatic carbocycles. The second-order valence-electron chi connectivity index (χ2n) is 7.31. The van der Waals surface area contributed by atoms with E-state index in [1.54, 1.807) is 17.0 Å². The molecule has 0 bridgehead atoms. The van der Waals surface area contributed by atoms with E-state index in [0.717, 1.165) is 17.3 Å². The largest absolute Gasteiger partial charge is 0.508 e. The number of carbonyl (C=O) groups excluding carboxylic acids is 1. The summed E-state index contributed by atoms with van der Waals surface area (Å²) >= 11 is 18.6. The van der Waals surface area contributed by atoms with Crippen LogP contribution in [0.2, 0.25) is 15.1 Å². The Hall–Kier alpha value is -2.60. The van der Waals surface area contributed by atoms with Gasteiger partial charge in [0.05, 0.1) is 22.3 Å². The van der Waals surface area contributed by atoms with Crippen molar-refractivity contribution in [3.05, 3.63) is 86.9 Å². The zero-order valence-electron chi connectivity index (χ0n) is 16.3. The second kappa shape index (κ2) is 8.87. The number of phenolic OH excluding ortho intramolecular Hbond substituents is 2. The first kappa shape index (κ1) is 21.6. The number of hydrogen-bond donors (Lipinski definition) is 2. The smallest absolute Gasteiger partial charge is 0.257 e. The number of benzene rings is 3. The maximum Gasteiger partial charge on any atom is 0.257 e. The lowest BCUT2D eigenvalue weighted by Gasteiger charge is -2.43. The molecular formula is C23H19Cl3N2O3. The van der Waals surface area contributed by atoms with Gasteiger partial charge < -0.3 is 20.0 Å². The van der Waals surface area contributed by atoms with Crippen LogP contribution in [0.25, 0.3) is 0 Å². The van der Waals surface area contributed by atoms with Crippen molar-refractivity contribution in [2.45, 2.75) is 6.04 Å². The van der Waals surface area contributed by atoms with Gasteiger partial charge in [-0.15, -0.1) is 0 Å². The average Bonchev–Trinajstić information content (AvgIpc) is 2.74. The van der Waals surface area contributed by atoms with Crippen LogP contribution in [-0.4, -0.2) is 40.7 Å². The summed E-state index contributed by atoms with van der Waals surface area (Å²) in [6.07, 6.45) is 0. The van der Waals surface area contributed by atoms with Crippen LogP contribution in [0, 0.1) is 0 Å². The molecule has 1 heterocycles. The van der Waals surface area contributed by atoms with Crippen molar-refractivity contribution in [2.75, 3.05) is 24.5 Å². The Balaban J connectivity index is 1.68. The molecule has 31 heavy (non-hydrogen) atoms. The van der Waals surface area contributed by atoms with Gasteiger partial charge in [-0.3, -0.25) is 4.79 Å². The van der Waals surface area contributed by atoms with Gasteiger partial charge in [-0.2, -0.15) is 0 Å². The van der Waals surface area contributed by atoms with Gasteiger partial charge in [0.1, 0.15) is 11.5 Å². The lowest BCUT2D eigenvalue weighted by molar-refractivity contribution is 0.0719. The number of anilines is 1. The van der Waals surface area contributed by atoms with Crippen LogP contribution in [0.4, 0.5) is 5.69 Å². The van der Waals surface area contributed by atoms with E-state index < -0.39 is 0 Å². The van der Waals surface area contributed by atoms with E-state index >= 15 is 0 Å². The summed E-state index contributed by atoms with van der Waals surface area (Å²) in [5, 5.41) is 21.4. The van der Waals surface area contributed by atoms with E-state index in [1.807, 2.05) is 30.3 Å². The topological polar surface area (TPSA) is 64.0 Å². The SMILES string of the molecule is O=C(c1ccc(O)cc1O)N1CCN(c2ccc(Cl)cc2Cl)[C@H](c2ccc(Cl)cc2)C1. The lowest BCUT2D eigenvalue weighted by Crippen LogP contribution is -2.50. The van der Waals surface area contributed by atoms with E-state index in [4.69, 9.17) is 34.8 Å². The zero-order chi connectivity index (χ0) is 22.1. The fraction of sp³-hybridized carbons (Fsp3) is 0.174. The summed E-state index contributed by atoms with van der Waals surface area (Å²) in [5.41, 5.74) is 1.94. The first-order chi connectivity index (χ1) is 14.8. The molecule has 0 aliphatic carbocycles. The number of hydrogen-bond acceptors (Lipinski definition) is 4. The molecule has 8 heteroatoms. The summed E-state index contributed by atoms with van der Waals surface area (Å²) in [5.74, 6) is -0.662. The Labute approximate surface area is 195 Å². The van der Waals surface area contributed by atoms with Crippen molar-refractivity contribution in [2.24, 2.45) is 0 Å². The minimum Gasteiger partial charge on any atom is -0.508 e. The molecule has 3 aromatic rings. The summed E-state index contributed by atoms with van der Waals surface area (Å²) in [6.45, 7) is 1.33. The van der Waals surface area contributed by atoms with E-state index in [2.05, 4.69) is 4.90 Å². The third-order valence-corrected chi connectivity index (χ3v) is 6.14. The van der Waals surface area contributed by atoms with Crippen LogP contribution >= 0.6 is 34.8 Å². The highest BCUT2D eigenvalue weighted by Crippen LogP contribution is 2.37. The monoisotopic (exact) mass is 476 g/mol. The maximum absolute atomic E-state index is 13.1. The number of aromatic hydroxyl groups is 2. The highest BCUT2D eigenvalue weighted by molar-refractivity contribution is 6.36. The Morgan fingerprint density at radius 3 is 2.26 bits per heavy atom. The molecule has 5 nitrogen and oxygen atoms in total. The highest BCUT2D eigenvalue weighted by Gasteiger charge is 2.33. The van der Waals surface area contributed by atoms with Gasteiger partial charge in [-0.1, -0.05) is 46.9 Å². The molecule has 0 unspecified atom stereocenters. The first-order valence-electron chi connectivity index (χ1n) is 9.62. The molecular weight excluding hydrogens is 459 g/mol. The first-order valence-corrected chi connectivity index (χ1v) is 10.8. The van der Waals surface area contributed by atoms with E-state index in [-0.39, 0.29) is 29.0 Å². The average molecular weight is 478 g/mol. The Kier molecular flexibility index (Phi) is 6.19. The van der Waals surface area contributed by atoms with Gasteiger partial charge in [0.25, 0.3) is 5.91 Å². The van der Waals surface area contributed by atoms with Gasteiger partial charge in [0.2, 0.25) is 0 Å². The third-order valence-electron chi connectivity index (χ3n) is 5.35. The van der Waals surface area contributed by atoms with Gasteiger partial charge in [0.15, 0.2) is 0 Å². The van der Waals surface area contributed by atoms with Crippen LogP contribution in [0.5, 0.6) is 11.5 Å². The van der Waals surface area contributed by atoms with Gasteiger partial charge in [0, 0.05) is 35.7 Å². The predicted molar refractivity (Wildman–Crippen MR) is 124 cm³/mol. The Morgan fingerprint density at radius 1 is 0.871 bits per heavy atom. The van der Waals surface area contributed by atoms with Crippen molar-refractivity contribution < 1.29 is 15.0 Å². The van der Waals surface area contributed by atoms with Gasteiger partial charge >= 0.3 is 0 Å². The minimum atomic E-state index is -0.307. The van der Waals surface area contributed by atoms with E-state index in [1.165, 1.54) is 12.1 Å². The second-order valence-corrected chi connectivity index (χ2v) is 8.59. The van der Waals surface area contributed by atoms with E-state index in [0.29, 0.717) is 34.7 Å². The van der Waals surface area contributed by atoms with Crippen molar-refractivity contribution in [3.63, 3.8) is 0 Å². The molecule has 1 aliphatic rings. The standard InChI is InChI=1S/C23H19Cl3N2O3/c24-15-3-1-14(2-4-15)21-13-27(23(31)18-7-6-17(29)12-22(18)30)9-10-28(21)20-8-5-16(25)11-19(20)26/h1-8,11-12,21,29-30H,9-10,13H2/t21-/m0/s1. The van der Waals surface area contributed by atoms with Crippen LogP contribution < -0.4 is 4.90 Å². The quantitative estimate of drug-likeness (QED) is 0.503. The highest BCUT2D eigenvalue weighted by atomic mass is 35.5. The van der Waals surface area contributed by atoms with Crippen molar-refractivity contribution in [3.8, 4) is 11.5 Å². The predicted octanol–water partition coefficient (Wildman–Crippen LogP) is 5.76.